The predicted octanol–water partition coefficient (Wildman–Crippen LogP) is 2.21. The van der Waals surface area contributed by atoms with Crippen LogP contribution in [0.1, 0.15) is 39.5 Å². The topological polar surface area (TPSA) is 30.5 Å². The van der Waals surface area contributed by atoms with Gasteiger partial charge in [-0.2, -0.15) is 0 Å². The third-order valence-corrected chi connectivity index (χ3v) is 2.46. The molecule has 0 spiro atoms. The van der Waals surface area contributed by atoms with E-state index in [0.717, 1.165) is 39.3 Å². The summed E-state index contributed by atoms with van der Waals surface area (Å²) in [4.78, 5) is 0. The molecule has 15 heavy (non-hydrogen) atoms. The molecule has 0 rings (SSSR count). The lowest BCUT2D eigenvalue weighted by Crippen LogP contribution is -2.24. The van der Waals surface area contributed by atoms with Crippen LogP contribution in [0.4, 0.5) is 0 Å². The van der Waals surface area contributed by atoms with E-state index >= 15 is 0 Å². The Hall–Kier alpha value is -0.120. The van der Waals surface area contributed by atoms with Crippen LogP contribution in [0.25, 0.3) is 0 Å². The lowest BCUT2D eigenvalue weighted by Gasteiger charge is -2.13. The summed E-state index contributed by atoms with van der Waals surface area (Å²) in [7, 11) is 2.02. The average Bonchev–Trinajstić information content (AvgIpc) is 2.27. The first kappa shape index (κ1) is 14.9. The van der Waals surface area contributed by atoms with Gasteiger partial charge in [0.2, 0.25) is 0 Å². The fourth-order valence-corrected chi connectivity index (χ4v) is 1.45. The maximum Gasteiger partial charge on any atom is 0.0700 e. The van der Waals surface area contributed by atoms with Gasteiger partial charge in [-0.15, -0.1) is 0 Å². The van der Waals surface area contributed by atoms with E-state index in [1.807, 2.05) is 7.05 Å². The third kappa shape index (κ3) is 10.2. The highest BCUT2D eigenvalue weighted by Crippen LogP contribution is 2.00. The Labute approximate surface area is 94.5 Å². The molecule has 0 aliphatic rings. The molecule has 0 aliphatic carbocycles. The summed E-state index contributed by atoms with van der Waals surface area (Å²) in [5.74, 6) is 0. The van der Waals surface area contributed by atoms with Crippen LogP contribution in [-0.2, 0) is 9.47 Å². The molecule has 0 radical (unpaired) electrons. The van der Waals surface area contributed by atoms with Crippen molar-refractivity contribution >= 4 is 0 Å². The minimum absolute atomic E-state index is 0.643. The van der Waals surface area contributed by atoms with Crippen molar-refractivity contribution in [1.82, 2.24) is 5.32 Å². The Morgan fingerprint density at radius 2 is 1.67 bits per heavy atom. The van der Waals surface area contributed by atoms with E-state index in [-0.39, 0.29) is 0 Å². The van der Waals surface area contributed by atoms with Crippen LogP contribution in [0.3, 0.4) is 0 Å². The smallest absolute Gasteiger partial charge is 0.0700 e. The lowest BCUT2D eigenvalue weighted by atomic mass is 10.1. The van der Waals surface area contributed by atoms with Gasteiger partial charge in [0.1, 0.15) is 0 Å². The Morgan fingerprint density at radius 3 is 2.20 bits per heavy atom. The minimum Gasteiger partial charge on any atom is -0.379 e. The first-order valence-electron chi connectivity index (χ1n) is 6.17. The van der Waals surface area contributed by atoms with Gasteiger partial charge >= 0.3 is 0 Å². The molecule has 1 N–H and O–H groups in total. The molecular weight excluding hydrogens is 190 g/mol. The molecule has 0 amide bonds. The van der Waals surface area contributed by atoms with Crippen molar-refractivity contribution in [2.24, 2.45) is 0 Å². The molecule has 0 aromatic heterocycles. The third-order valence-electron chi connectivity index (χ3n) is 2.46. The molecule has 92 valence electrons. The summed E-state index contributed by atoms with van der Waals surface area (Å²) >= 11 is 0. The highest BCUT2D eigenvalue weighted by molar-refractivity contribution is 4.60. The van der Waals surface area contributed by atoms with Crippen molar-refractivity contribution in [3.63, 3.8) is 0 Å². The molecule has 0 aliphatic heterocycles. The fraction of sp³-hybridized carbons (Fsp3) is 1.00. The van der Waals surface area contributed by atoms with E-state index in [0.29, 0.717) is 6.04 Å². The number of ether oxygens (including phenoxy) is 2. The molecule has 3 nitrogen and oxygen atoms in total. The van der Waals surface area contributed by atoms with E-state index < -0.39 is 0 Å². The van der Waals surface area contributed by atoms with Gasteiger partial charge < -0.3 is 14.8 Å². The molecule has 0 saturated carbocycles. The second-order valence-corrected chi connectivity index (χ2v) is 3.76. The number of nitrogens with one attached hydrogen (secondary N) is 1. The zero-order valence-electron chi connectivity index (χ0n) is 10.6. The normalized spacial score (nSPS) is 13.0. The summed E-state index contributed by atoms with van der Waals surface area (Å²) in [5, 5.41) is 3.29. The first-order chi connectivity index (χ1) is 7.35. The summed E-state index contributed by atoms with van der Waals surface area (Å²) < 4.78 is 10.8. The fourth-order valence-electron chi connectivity index (χ4n) is 1.45. The molecule has 1 atom stereocenters. The Bertz CT molecular complexity index is 116. The molecule has 3 heteroatoms. The van der Waals surface area contributed by atoms with Crippen LogP contribution < -0.4 is 5.32 Å². The van der Waals surface area contributed by atoms with Crippen molar-refractivity contribution in [3.05, 3.63) is 0 Å². The molecule has 0 aromatic carbocycles. The quantitative estimate of drug-likeness (QED) is 0.538. The van der Waals surface area contributed by atoms with E-state index in [4.69, 9.17) is 9.47 Å². The van der Waals surface area contributed by atoms with E-state index in [1.54, 1.807) is 0 Å². The zero-order valence-corrected chi connectivity index (χ0v) is 10.6. The van der Waals surface area contributed by atoms with Gasteiger partial charge in [-0.25, -0.2) is 0 Å². The largest absolute Gasteiger partial charge is 0.379 e. The van der Waals surface area contributed by atoms with Gasteiger partial charge in [0.05, 0.1) is 13.2 Å². The highest BCUT2D eigenvalue weighted by Gasteiger charge is 2.01. The Kier molecular flexibility index (Phi) is 11.9. The van der Waals surface area contributed by atoms with Crippen molar-refractivity contribution in [1.29, 1.82) is 0 Å². The lowest BCUT2D eigenvalue weighted by molar-refractivity contribution is 0.0460. The van der Waals surface area contributed by atoms with Crippen LogP contribution in [0.2, 0.25) is 0 Å². The molecule has 1 unspecified atom stereocenters. The second kappa shape index (κ2) is 12.0. The van der Waals surface area contributed by atoms with Gasteiger partial charge in [-0.05, 0) is 32.7 Å². The van der Waals surface area contributed by atoms with Gasteiger partial charge in [0.15, 0.2) is 0 Å². The van der Waals surface area contributed by atoms with Crippen molar-refractivity contribution in [2.75, 3.05) is 33.5 Å². The van der Waals surface area contributed by atoms with E-state index in [1.165, 1.54) is 12.8 Å². The van der Waals surface area contributed by atoms with Crippen LogP contribution >= 0.6 is 0 Å². The molecule has 0 saturated heterocycles. The molecule has 0 fully saturated rings. The maximum absolute atomic E-state index is 5.47. The minimum atomic E-state index is 0.643. The van der Waals surface area contributed by atoms with Crippen LogP contribution in [0.5, 0.6) is 0 Å². The van der Waals surface area contributed by atoms with Gasteiger partial charge in [-0.1, -0.05) is 13.8 Å². The number of hydrogen-bond acceptors (Lipinski definition) is 3. The summed E-state index contributed by atoms with van der Waals surface area (Å²) in [6.45, 7) is 7.49. The summed E-state index contributed by atoms with van der Waals surface area (Å²) in [5.41, 5.74) is 0. The maximum atomic E-state index is 5.47. The Balaban J connectivity index is 3.04. The van der Waals surface area contributed by atoms with Crippen molar-refractivity contribution < 1.29 is 9.47 Å². The zero-order chi connectivity index (χ0) is 11.4. The van der Waals surface area contributed by atoms with E-state index in [2.05, 4.69) is 19.2 Å². The van der Waals surface area contributed by atoms with Crippen LogP contribution in [-0.4, -0.2) is 39.5 Å². The molecular formula is C12H27NO2. The van der Waals surface area contributed by atoms with Crippen LogP contribution in [0.15, 0.2) is 0 Å². The van der Waals surface area contributed by atoms with Gasteiger partial charge in [0, 0.05) is 19.3 Å². The summed E-state index contributed by atoms with van der Waals surface area (Å²) in [6.07, 6.45) is 4.60. The number of hydrogen-bond donors (Lipinski definition) is 1. The highest BCUT2D eigenvalue weighted by atomic mass is 16.5. The summed E-state index contributed by atoms with van der Waals surface area (Å²) in [6, 6.07) is 0.643. The first-order valence-corrected chi connectivity index (χ1v) is 6.17. The predicted molar refractivity (Wildman–Crippen MR) is 64.3 cm³/mol. The standard InChI is InChI=1S/C12H27NO2/c1-4-8-14-10-11-15-9-6-7-12(5-2)13-3/h12-13H,4-11H2,1-3H3. The molecule has 0 aromatic rings. The molecule has 0 heterocycles. The Morgan fingerprint density at radius 1 is 1.00 bits per heavy atom. The van der Waals surface area contributed by atoms with Crippen LogP contribution in [0, 0.1) is 0 Å². The van der Waals surface area contributed by atoms with Gasteiger partial charge in [0.25, 0.3) is 0 Å². The average molecular weight is 217 g/mol. The van der Waals surface area contributed by atoms with Gasteiger partial charge in [-0.3, -0.25) is 0 Å². The van der Waals surface area contributed by atoms with Crippen molar-refractivity contribution in [3.8, 4) is 0 Å². The number of rotatable bonds is 11. The second-order valence-electron chi connectivity index (χ2n) is 3.76. The van der Waals surface area contributed by atoms with E-state index in [9.17, 15) is 0 Å². The SMILES string of the molecule is CCCOCCOCCCC(CC)NC. The van der Waals surface area contributed by atoms with Crippen molar-refractivity contribution in [2.45, 2.75) is 45.6 Å². The molecule has 0 bridgehead atoms. The monoisotopic (exact) mass is 217 g/mol.